The molecule has 0 bridgehead atoms. The molecule has 1 aromatic carbocycles. The van der Waals surface area contributed by atoms with Gasteiger partial charge in [0.25, 0.3) is 0 Å². The van der Waals surface area contributed by atoms with E-state index in [1.807, 2.05) is 12.1 Å². The first-order valence-electron chi connectivity index (χ1n) is 7.92. The lowest BCUT2D eigenvalue weighted by atomic mass is 9.98. The van der Waals surface area contributed by atoms with Crippen molar-refractivity contribution in [2.45, 2.75) is 38.3 Å². The molecule has 0 aliphatic carbocycles. The molecule has 1 N–H and O–H groups in total. The van der Waals surface area contributed by atoms with Gasteiger partial charge in [0, 0.05) is 19.3 Å². The first-order chi connectivity index (χ1) is 10.4. The SMILES string of the molecule is CCCNC(c1ccccc1OCCOC)C1CCCO1. The van der Waals surface area contributed by atoms with E-state index < -0.39 is 0 Å². The lowest BCUT2D eigenvalue weighted by Crippen LogP contribution is -2.32. The zero-order chi connectivity index (χ0) is 14.9. The molecule has 0 amide bonds. The second-order valence-corrected chi connectivity index (χ2v) is 5.36. The number of rotatable bonds is 9. The smallest absolute Gasteiger partial charge is 0.124 e. The van der Waals surface area contributed by atoms with Crippen LogP contribution in [-0.4, -0.2) is 39.6 Å². The highest BCUT2D eigenvalue weighted by atomic mass is 16.5. The highest BCUT2D eigenvalue weighted by Gasteiger charge is 2.28. The average Bonchev–Trinajstić information content (AvgIpc) is 3.03. The number of nitrogens with one attached hydrogen (secondary N) is 1. The summed E-state index contributed by atoms with van der Waals surface area (Å²) in [6.45, 7) is 5.19. The van der Waals surface area contributed by atoms with E-state index in [0.29, 0.717) is 13.2 Å². The normalized spacial score (nSPS) is 19.6. The third kappa shape index (κ3) is 4.70. The van der Waals surface area contributed by atoms with E-state index in [2.05, 4.69) is 24.4 Å². The molecule has 0 saturated carbocycles. The molecule has 118 valence electrons. The van der Waals surface area contributed by atoms with Crippen LogP contribution in [0.4, 0.5) is 0 Å². The van der Waals surface area contributed by atoms with Gasteiger partial charge in [-0.1, -0.05) is 25.1 Å². The molecule has 1 heterocycles. The van der Waals surface area contributed by atoms with E-state index in [4.69, 9.17) is 14.2 Å². The highest BCUT2D eigenvalue weighted by molar-refractivity contribution is 5.36. The minimum atomic E-state index is 0.200. The lowest BCUT2D eigenvalue weighted by Gasteiger charge is -2.26. The summed E-state index contributed by atoms with van der Waals surface area (Å²) in [5.41, 5.74) is 1.19. The van der Waals surface area contributed by atoms with Gasteiger partial charge >= 0.3 is 0 Å². The van der Waals surface area contributed by atoms with Gasteiger partial charge < -0.3 is 19.5 Å². The molecule has 0 aromatic heterocycles. The first-order valence-corrected chi connectivity index (χ1v) is 7.92. The molecule has 2 rings (SSSR count). The number of ether oxygens (including phenoxy) is 3. The maximum atomic E-state index is 5.90. The Morgan fingerprint density at radius 2 is 2.19 bits per heavy atom. The van der Waals surface area contributed by atoms with Crippen LogP contribution < -0.4 is 10.1 Å². The number of para-hydroxylation sites is 1. The molecule has 0 spiro atoms. The minimum Gasteiger partial charge on any atom is -0.491 e. The molecule has 1 aromatic rings. The van der Waals surface area contributed by atoms with E-state index >= 15 is 0 Å². The molecular weight excluding hydrogens is 266 g/mol. The van der Waals surface area contributed by atoms with Crippen molar-refractivity contribution in [3.8, 4) is 5.75 Å². The summed E-state index contributed by atoms with van der Waals surface area (Å²) >= 11 is 0. The third-order valence-corrected chi connectivity index (χ3v) is 3.75. The fourth-order valence-electron chi connectivity index (χ4n) is 2.71. The van der Waals surface area contributed by atoms with Gasteiger partial charge in [-0.25, -0.2) is 0 Å². The molecule has 1 aliphatic heterocycles. The van der Waals surface area contributed by atoms with Crippen molar-refractivity contribution < 1.29 is 14.2 Å². The zero-order valence-corrected chi connectivity index (χ0v) is 13.1. The summed E-state index contributed by atoms with van der Waals surface area (Å²) in [6, 6.07) is 8.44. The number of benzene rings is 1. The quantitative estimate of drug-likeness (QED) is 0.711. The lowest BCUT2D eigenvalue weighted by molar-refractivity contribution is 0.0766. The molecule has 0 radical (unpaired) electrons. The van der Waals surface area contributed by atoms with Crippen LogP contribution in [0.3, 0.4) is 0 Å². The van der Waals surface area contributed by atoms with Gasteiger partial charge in [-0.3, -0.25) is 0 Å². The third-order valence-electron chi connectivity index (χ3n) is 3.75. The van der Waals surface area contributed by atoms with Gasteiger partial charge in [-0.2, -0.15) is 0 Å². The Morgan fingerprint density at radius 1 is 1.33 bits per heavy atom. The Kier molecular flexibility index (Phi) is 7.00. The molecule has 1 fully saturated rings. The van der Waals surface area contributed by atoms with Crippen LogP contribution in [0.2, 0.25) is 0 Å². The van der Waals surface area contributed by atoms with Crippen LogP contribution in [0, 0.1) is 0 Å². The maximum absolute atomic E-state index is 5.90. The Labute approximate surface area is 127 Å². The summed E-state index contributed by atoms with van der Waals surface area (Å²) in [4.78, 5) is 0. The summed E-state index contributed by atoms with van der Waals surface area (Å²) in [5.74, 6) is 0.929. The Bertz CT molecular complexity index is 405. The van der Waals surface area contributed by atoms with Gasteiger partial charge in [0.2, 0.25) is 0 Å². The van der Waals surface area contributed by atoms with Crippen molar-refractivity contribution in [1.29, 1.82) is 0 Å². The van der Waals surface area contributed by atoms with Crippen LogP contribution in [0.5, 0.6) is 5.75 Å². The van der Waals surface area contributed by atoms with Crippen molar-refractivity contribution in [3.63, 3.8) is 0 Å². The van der Waals surface area contributed by atoms with E-state index in [0.717, 1.165) is 38.2 Å². The van der Waals surface area contributed by atoms with E-state index in [9.17, 15) is 0 Å². The molecule has 2 unspecified atom stereocenters. The molecule has 1 saturated heterocycles. The van der Waals surface area contributed by atoms with Crippen LogP contribution in [0.15, 0.2) is 24.3 Å². The van der Waals surface area contributed by atoms with Gasteiger partial charge in [0.05, 0.1) is 18.8 Å². The Balaban J connectivity index is 2.13. The highest BCUT2D eigenvalue weighted by Crippen LogP contribution is 2.32. The largest absolute Gasteiger partial charge is 0.491 e. The van der Waals surface area contributed by atoms with Crippen LogP contribution >= 0.6 is 0 Å². The topological polar surface area (TPSA) is 39.7 Å². The number of methoxy groups -OCH3 is 1. The molecule has 1 aliphatic rings. The van der Waals surface area contributed by atoms with E-state index in [1.54, 1.807) is 7.11 Å². The zero-order valence-electron chi connectivity index (χ0n) is 13.1. The summed E-state index contributed by atoms with van der Waals surface area (Å²) in [5, 5.41) is 3.62. The minimum absolute atomic E-state index is 0.200. The number of hydrogen-bond acceptors (Lipinski definition) is 4. The fourth-order valence-corrected chi connectivity index (χ4v) is 2.71. The second-order valence-electron chi connectivity index (χ2n) is 5.36. The fraction of sp³-hybridized carbons (Fsp3) is 0.647. The average molecular weight is 293 g/mol. The van der Waals surface area contributed by atoms with Gasteiger partial charge in [-0.05, 0) is 31.9 Å². The van der Waals surface area contributed by atoms with Gasteiger partial charge in [-0.15, -0.1) is 0 Å². The van der Waals surface area contributed by atoms with Crippen LogP contribution in [-0.2, 0) is 9.47 Å². The van der Waals surface area contributed by atoms with Gasteiger partial charge in [0.15, 0.2) is 0 Å². The van der Waals surface area contributed by atoms with Crippen LogP contribution in [0.1, 0.15) is 37.8 Å². The first kappa shape index (κ1) is 16.3. The van der Waals surface area contributed by atoms with Crippen LogP contribution in [0.25, 0.3) is 0 Å². The predicted octanol–water partition coefficient (Wildman–Crippen LogP) is 2.93. The number of hydrogen-bond donors (Lipinski definition) is 1. The van der Waals surface area contributed by atoms with Gasteiger partial charge in [0.1, 0.15) is 12.4 Å². The van der Waals surface area contributed by atoms with Crippen molar-refractivity contribution in [2.75, 3.05) is 33.5 Å². The predicted molar refractivity (Wildman–Crippen MR) is 83.8 cm³/mol. The molecule has 2 atom stereocenters. The standard InChI is InChI=1S/C17H27NO3/c1-3-10-18-17(16-9-6-11-20-16)14-7-4-5-8-15(14)21-13-12-19-2/h4-5,7-8,16-18H,3,6,9-13H2,1-2H3. The van der Waals surface area contributed by atoms with Crippen molar-refractivity contribution in [1.82, 2.24) is 5.32 Å². The Morgan fingerprint density at radius 3 is 2.90 bits per heavy atom. The molecular formula is C17H27NO3. The molecule has 4 heteroatoms. The monoisotopic (exact) mass is 293 g/mol. The molecule has 4 nitrogen and oxygen atoms in total. The van der Waals surface area contributed by atoms with Crippen molar-refractivity contribution in [2.24, 2.45) is 0 Å². The second kappa shape index (κ2) is 9.03. The maximum Gasteiger partial charge on any atom is 0.124 e. The summed E-state index contributed by atoms with van der Waals surface area (Å²) in [7, 11) is 1.69. The summed E-state index contributed by atoms with van der Waals surface area (Å²) in [6.07, 6.45) is 3.59. The van der Waals surface area contributed by atoms with E-state index in [1.165, 1.54) is 5.56 Å². The Hall–Kier alpha value is -1.10. The molecule has 21 heavy (non-hydrogen) atoms. The van der Waals surface area contributed by atoms with E-state index in [-0.39, 0.29) is 12.1 Å². The van der Waals surface area contributed by atoms with Crippen molar-refractivity contribution in [3.05, 3.63) is 29.8 Å². The van der Waals surface area contributed by atoms with Crippen molar-refractivity contribution >= 4 is 0 Å². The summed E-state index contributed by atoms with van der Waals surface area (Å²) < 4.78 is 16.8.